The van der Waals surface area contributed by atoms with Gasteiger partial charge < -0.3 is 14.2 Å². The smallest absolute Gasteiger partial charge is 0.350 e. The first kappa shape index (κ1) is 21.0. The third-order valence-corrected chi connectivity index (χ3v) is 3.57. The zero-order chi connectivity index (χ0) is 19.3. The van der Waals surface area contributed by atoms with Crippen molar-refractivity contribution in [3.8, 4) is 5.75 Å². The van der Waals surface area contributed by atoms with Crippen molar-refractivity contribution in [1.82, 2.24) is 0 Å². The van der Waals surface area contributed by atoms with Crippen LogP contribution in [-0.2, 0) is 25.5 Å². The number of aryl methyl sites for hydroxylation is 2. The molecular formula is C20H30O5. The lowest BCUT2D eigenvalue weighted by molar-refractivity contribution is -0.171. The molecule has 5 heteroatoms. The highest BCUT2D eigenvalue weighted by Gasteiger charge is 2.35. The number of methoxy groups -OCH3 is 1. The SMILES string of the molecule is COC(=O)CCCc1ccc(OC(C)(C)C(=O)OC(C)(C)C)c(C)c1. The van der Waals surface area contributed by atoms with Crippen LogP contribution in [0.15, 0.2) is 18.2 Å². The van der Waals surface area contributed by atoms with Crippen LogP contribution in [0.25, 0.3) is 0 Å². The van der Waals surface area contributed by atoms with Crippen molar-refractivity contribution in [2.75, 3.05) is 7.11 Å². The standard InChI is InChI=1S/C20H30O5/c1-14-13-15(9-8-10-17(21)23-7)11-12-16(14)24-20(5,6)18(22)25-19(2,3)4/h11-13H,8-10H2,1-7H3. The van der Waals surface area contributed by atoms with E-state index >= 15 is 0 Å². The lowest BCUT2D eigenvalue weighted by Crippen LogP contribution is -2.43. The van der Waals surface area contributed by atoms with Crippen molar-refractivity contribution >= 4 is 11.9 Å². The summed E-state index contributed by atoms with van der Waals surface area (Å²) in [7, 11) is 1.39. The van der Waals surface area contributed by atoms with Crippen molar-refractivity contribution < 1.29 is 23.8 Å². The fraction of sp³-hybridized carbons (Fsp3) is 0.600. The number of carbonyl (C=O) groups is 2. The van der Waals surface area contributed by atoms with E-state index in [2.05, 4.69) is 4.74 Å². The first-order valence-electron chi connectivity index (χ1n) is 8.53. The number of hydrogen-bond acceptors (Lipinski definition) is 5. The van der Waals surface area contributed by atoms with Crippen molar-refractivity contribution in [2.24, 2.45) is 0 Å². The quantitative estimate of drug-likeness (QED) is 0.696. The summed E-state index contributed by atoms with van der Waals surface area (Å²) in [6.07, 6.45) is 1.92. The van der Waals surface area contributed by atoms with Gasteiger partial charge in [0, 0.05) is 6.42 Å². The second-order valence-corrected chi connectivity index (χ2v) is 7.64. The number of hydrogen-bond donors (Lipinski definition) is 0. The molecule has 0 spiro atoms. The van der Waals surface area contributed by atoms with Gasteiger partial charge in [-0.3, -0.25) is 4.79 Å². The van der Waals surface area contributed by atoms with E-state index in [1.54, 1.807) is 13.8 Å². The molecule has 0 aliphatic carbocycles. The fourth-order valence-electron chi connectivity index (χ4n) is 2.24. The zero-order valence-corrected chi connectivity index (χ0v) is 16.4. The summed E-state index contributed by atoms with van der Waals surface area (Å²) >= 11 is 0. The van der Waals surface area contributed by atoms with Gasteiger partial charge in [0.2, 0.25) is 0 Å². The fourth-order valence-corrected chi connectivity index (χ4v) is 2.24. The molecule has 0 N–H and O–H groups in total. The molecule has 140 valence electrons. The Labute approximate surface area is 150 Å². The minimum Gasteiger partial charge on any atom is -0.476 e. The molecule has 0 aliphatic heterocycles. The van der Waals surface area contributed by atoms with Gasteiger partial charge in [-0.15, -0.1) is 0 Å². The predicted molar refractivity (Wildman–Crippen MR) is 96.7 cm³/mol. The molecule has 1 rings (SSSR count). The molecular weight excluding hydrogens is 320 g/mol. The molecule has 25 heavy (non-hydrogen) atoms. The first-order valence-corrected chi connectivity index (χ1v) is 8.53. The van der Waals surface area contributed by atoms with E-state index in [-0.39, 0.29) is 5.97 Å². The predicted octanol–water partition coefficient (Wildman–Crippen LogP) is 3.99. The Bertz CT molecular complexity index is 611. The van der Waals surface area contributed by atoms with E-state index in [9.17, 15) is 9.59 Å². The van der Waals surface area contributed by atoms with Crippen LogP contribution in [0.5, 0.6) is 5.75 Å². The molecule has 0 saturated carbocycles. The highest BCUT2D eigenvalue weighted by atomic mass is 16.6. The summed E-state index contributed by atoms with van der Waals surface area (Å²) < 4.78 is 16.0. The van der Waals surface area contributed by atoms with Crippen LogP contribution < -0.4 is 4.74 Å². The van der Waals surface area contributed by atoms with Crippen LogP contribution in [-0.4, -0.2) is 30.3 Å². The molecule has 0 atom stereocenters. The Balaban J connectivity index is 2.73. The summed E-state index contributed by atoms with van der Waals surface area (Å²) in [4.78, 5) is 23.5. The van der Waals surface area contributed by atoms with Gasteiger partial charge in [0.25, 0.3) is 0 Å². The lowest BCUT2D eigenvalue weighted by Gasteiger charge is -2.29. The van der Waals surface area contributed by atoms with E-state index in [0.717, 1.165) is 24.0 Å². The summed E-state index contributed by atoms with van der Waals surface area (Å²) in [6, 6.07) is 5.82. The van der Waals surface area contributed by atoms with E-state index in [4.69, 9.17) is 9.47 Å². The molecule has 0 amide bonds. The molecule has 0 aromatic heterocycles. The Morgan fingerprint density at radius 3 is 2.24 bits per heavy atom. The van der Waals surface area contributed by atoms with Gasteiger partial charge in [0.1, 0.15) is 11.4 Å². The Hall–Kier alpha value is -2.04. The minimum atomic E-state index is -1.08. The molecule has 1 aromatic carbocycles. The van der Waals surface area contributed by atoms with Crippen LogP contribution >= 0.6 is 0 Å². The summed E-state index contributed by atoms with van der Waals surface area (Å²) in [5, 5.41) is 0. The maximum absolute atomic E-state index is 12.3. The maximum Gasteiger partial charge on any atom is 0.350 e. The zero-order valence-electron chi connectivity index (χ0n) is 16.4. The first-order chi connectivity index (χ1) is 11.4. The van der Waals surface area contributed by atoms with Crippen LogP contribution in [0, 0.1) is 6.92 Å². The third-order valence-electron chi connectivity index (χ3n) is 3.57. The van der Waals surface area contributed by atoms with Crippen molar-refractivity contribution in [1.29, 1.82) is 0 Å². The Morgan fingerprint density at radius 2 is 1.72 bits per heavy atom. The molecule has 0 aliphatic rings. The summed E-state index contributed by atoms with van der Waals surface area (Å²) in [6.45, 7) is 10.8. The topological polar surface area (TPSA) is 61.8 Å². The second-order valence-electron chi connectivity index (χ2n) is 7.64. The maximum atomic E-state index is 12.3. The van der Waals surface area contributed by atoms with Crippen molar-refractivity contribution in [2.45, 2.75) is 72.0 Å². The van der Waals surface area contributed by atoms with Crippen LogP contribution in [0.2, 0.25) is 0 Å². The van der Waals surface area contributed by atoms with Gasteiger partial charge in [-0.2, -0.15) is 0 Å². The number of esters is 2. The van der Waals surface area contributed by atoms with E-state index in [0.29, 0.717) is 12.2 Å². The largest absolute Gasteiger partial charge is 0.476 e. The molecule has 5 nitrogen and oxygen atoms in total. The van der Waals surface area contributed by atoms with E-state index in [1.165, 1.54) is 7.11 Å². The normalized spacial score (nSPS) is 11.8. The van der Waals surface area contributed by atoms with E-state index < -0.39 is 17.2 Å². The van der Waals surface area contributed by atoms with Crippen molar-refractivity contribution in [3.05, 3.63) is 29.3 Å². The van der Waals surface area contributed by atoms with Gasteiger partial charge in [0.05, 0.1) is 7.11 Å². The average Bonchev–Trinajstić information content (AvgIpc) is 2.48. The lowest BCUT2D eigenvalue weighted by atomic mass is 10.0. The van der Waals surface area contributed by atoms with Gasteiger partial charge in [-0.05, 0) is 71.6 Å². The van der Waals surface area contributed by atoms with Crippen molar-refractivity contribution in [3.63, 3.8) is 0 Å². The van der Waals surface area contributed by atoms with Gasteiger partial charge in [0.15, 0.2) is 5.60 Å². The number of benzene rings is 1. The summed E-state index contributed by atoms with van der Waals surface area (Å²) in [5.41, 5.74) is 0.414. The highest BCUT2D eigenvalue weighted by molar-refractivity contribution is 5.79. The molecule has 0 saturated heterocycles. The Kier molecular flexibility index (Phi) is 7.03. The molecule has 1 aromatic rings. The molecule has 0 unspecified atom stereocenters. The minimum absolute atomic E-state index is 0.198. The number of carbonyl (C=O) groups excluding carboxylic acids is 2. The van der Waals surface area contributed by atoms with Crippen LogP contribution in [0.3, 0.4) is 0 Å². The van der Waals surface area contributed by atoms with Gasteiger partial charge >= 0.3 is 11.9 Å². The Morgan fingerprint density at radius 1 is 1.08 bits per heavy atom. The number of rotatable bonds is 7. The molecule has 0 radical (unpaired) electrons. The van der Waals surface area contributed by atoms with E-state index in [1.807, 2.05) is 45.9 Å². The highest BCUT2D eigenvalue weighted by Crippen LogP contribution is 2.26. The second kappa shape index (κ2) is 8.37. The molecule has 0 bridgehead atoms. The van der Waals surface area contributed by atoms with Gasteiger partial charge in [-0.1, -0.05) is 12.1 Å². The summed E-state index contributed by atoms with van der Waals surface area (Å²) in [5.74, 6) is 0.0462. The van der Waals surface area contributed by atoms with Gasteiger partial charge in [-0.25, -0.2) is 4.79 Å². The van der Waals surface area contributed by atoms with Crippen LogP contribution in [0.4, 0.5) is 0 Å². The number of ether oxygens (including phenoxy) is 3. The average molecular weight is 350 g/mol. The molecule has 0 heterocycles. The third kappa shape index (κ3) is 7.16. The van der Waals surface area contributed by atoms with Crippen LogP contribution in [0.1, 0.15) is 58.6 Å². The molecule has 0 fully saturated rings. The monoisotopic (exact) mass is 350 g/mol.